The molecule has 0 aliphatic carbocycles. The van der Waals surface area contributed by atoms with Crippen molar-refractivity contribution in [3.63, 3.8) is 0 Å². The van der Waals surface area contributed by atoms with Crippen molar-refractivity contribution in [1.82, 2.24) is 4.98 Å². The normalized spacial score (nSPS) is 15.1. The van der Waals surface area contributed by atoms with Gasteiger partial charge in [0.25, 0.3) is 0 Å². The number of nitrogens with zero attached hydrogens (tertiary/aromatic N) is 2. The number of esters is 1. The second-order valence-electron chi connectivity index (χ2n) is 6.72. The molecule has 0 spiro atoms. The number of benzene rings is 1. The Morgan fingerprint density at radius 1 is 1.10 bits per heavy atom. The Morgan fingerprint density at radius 3 is 2.28 bits per heavy atom. The molecule has 0 unspecified atom stereocenters. The summed E-state index contributed by atoms with van der Waals surface area (Å²) in [6.07, 6.45) is -2.46. The third-order valence-electron chi connectivity index (χ3n) is 4.84. The van der Waals surface area contributed by atoms with Crippen LogP contribution < -0.4 is 10.2 Å². The molecule has 1 aliphatic rings. The summed E-state index contributed by atoms with van der Waals surface area (Å²) >= 11 is 0. The van der Waals surface area contributed by atoms with Crippen molar-refractivity contribution < 1.29 is 27.5 Å². The summed E-state index contributed by atoms with van der Waals surface area (Å²) in [7, 11) is 1.30. The number of hydrogen-bond donors (Lipinski definition) is 1. The summed E-state index contributed by atoms with van der Waals surface area (Å²) in [5.74, 6) is -0.320. The molecule has 1 aromatic heterocycles. The lowest BCUT2D eigenvalue weighted by Gasteiger charge is -2.32. The van der Waals surface area contributed by atoms with Crippen LogP contribution in [0, 0.1) is 5.92 Å². The van der Waals surface area contributed by atoms with Crippen molar-refractivity contribution >= 4 is 23.4 Å². The SMILES string of the molecule is COC(=O)c1ccc(NC(=O)C2CCN(c3ccc(C(F)(F)F)cn3)CC2)cc1. The van der Waals surface area contributed by atoms with Crippen molar-refractivity contribution in [3.8, 4) is 0 Å². The van der Waals surface area contributed by atoms with Crippen LogP contribution >= 0.6 is 0 Å². The van der Waals surface area contributed by atoms with Crippen LogP contribution in [0.2, 0.25) is 0 Å². The van der Waals surface area contributed by atoms with E-state index in [9.17, 15) is 22.8 Å². The molecule has 3 rings (SSSR count). The summed E-state index contributed by atoms with van der Waals surface area (Å²) < 4.78 is 42.5. The molecule has 1 amide bonds. The Labute approximate surface area is 165 Å². The van der Waals surface area contributed by atoms with Gasteiger partial charge in [-0.05, 0) is 49.2 Å². The Hall–Kier alpha value is -3.10. The second kappa shape index (κ2) is 8.50. The van der Waals surface area contributed by atoms with Gasteiger partial charge in [0.15, 0.2) is 0 Å². The molecule has 0 saturated carbocycles. The van der Waals surface area contributed by atoms with E-state index in [1.807, 2.05) is 4.90 Å². The van der Waals surface area contributed by atoms with Gasteiger partial charge in [-0.25, -0.2) is 9.78 Å². The standard InChI is InChI=1S/C20H20F3N3O3/c1-29-19(28)14-2-5-16(6-3-14)25-18(27)13-8-10-26(11-9-13)17-7-4-15(12-24-17)20(21,22)23/h2-7,12-13H,8-11H2,1H3,(H,25,27). The molecule has 9 heteroatoms. The Bertz CT molecular complexity index is 859. The monoisotopic (exact) mass is 407 g/mol. The number of halogens is 3. The molecular formula is C20H20F3N3O3. The fraction of sp³-hybridized carbons (Fsp3) is 0.350. The molecule has 1 aromatic carbocycles. The average molecular weight is 407 g/mol. The number of alkyl halides is 3. The van der Waals surface area contributed by atoms with Gasteiger partial charge in [0, 0.05) is 30.9 Å². The third-order valence-corrected chi connectivity index (χ3v) is 4.84. The van der Waals surface area contributed by atoms with E-state index in [0.717, 1.165) is 12.3 Å². The summed E-state index contributed by atoms with van der Waals surface area (Å²) in [4.78, 5) is 29.7. The van der Waals surface area contributed by atoms with Gasteiger partial charge < -0.3 is 15.0 Å². The number of pyridine rings is 1. The molecule has 154 valence electrons. The first-order chi connectivity index (χ1) is 13.8. The number of hydrogen-bond acceptors (Lipinski definition) is 5. The second-order valence-corrected chi connectivity index (χ2v) is 6.72. The number of carbonyl (C=O) groups is 2. The largest absolute Gasteiger partial charge is 0.465 e. The lowest BCUT2D eigenvalue weighted by molar-refractivity contribution is -0.137. The van der Waals surface area contributed by atoms with Gasteiger partial charge in [0.05, 0.1) is 18.2 Å². The minimum atomic E-state index is -4.41. The molecule has 1 aliphatic heterocycles. The Balaban J connectivity index is 1.53. The molecule has 0 radical (unpaired) electrons. The van der Waals surface area contributed by atoms with Crippen LogP contribution in [0.15, 0.2) is 42.6 Å². The van der Waals surface area contributed by atoms with Gasteiger partial charge in [-0.15, -0.1) is 0 Å². The van der Waals surface area contributed by atoms with E-state index in [0.29, 0.717) is 43.0 Å². The summed E-state index contributed by atoms with van der Waals surface area (Å²) in [5.41, 5.74) is 0.186. The highest BCUT2D eigenvalue weighted by Crippen LogP contribution is 2.30. The van der Waals surface area contributed by atoms with Crippen LogP contribution in [0.25, 0.3) is 0 Å². The summed E-state index contributed by atoms with van der Waals surface area (Å²) in [6.45, 7) is 1.05. The fourth-order valence-electron chi connectivity index (χ4n) is 3.16. The van der Waals surface area contributed by atoms with Crippen LogP contribution in [-0.4, -0.2) is 37.1 Å². The topological polar surface area (TPSA) is 71.5 Å². The van der Waals surface area contributed by atoms with Gasteiger partial charge in [0.2, 0.25) is 5.91 Å². The van der Waals surface area contributed by atoms with Crippen molar-refractivity contribution in [2.75, 3.05) is 30.4 Å². The zero-order valence-electron chi connectivity index (χ0n) is 15.7. The van der Waals surface area contributed by atoms with Crippen LogP contribution in [0.1, 0.15) is 28.8 Å². The van der Waals surface area contributed by atoms with E-state index in [2.05, 4.69) is 15.0 Å². The number of carbonyl (C=O) groups excluding carboxylic acids is 2. The van der Waals surface area contributed by atoms with Gasteiger partial charge in [-0.2, -0.15) is 13.2 Å². The van der Waals surface area contributed by atoms with Crippen LogP contribution in [0.3, 0.4) is 0 Å². The maximum atomic E-state index is 12.6. The molecule has 1 fully saturated rings. The zero-order chi connectivity index (χ0) is 21.0. The number of methoxy groups -OCH3 is 1. The quantitative estimate of drug-likeness (QED) is 0.782. The first-order valence-corrected chi connectivity index (χ1v) is 9.05. The molecular weight excluding hydrogens is 387 g/mol. The smallest absolute Gasteiger partial charge is 0.417 e. The van der Waals surface area contributed by atoms with Crippen molar-refractivity contribution in [2.24, 2.45) is 5.92 Å². The number of amides is 1. The summed E-state index contributed by atoms with van der Waals surface area (Å²) in [5, 5.41) is 2.82. The van der Waals surface area contributed by atoms with Gasteiger partial charge in [-0.3, -0.25) is 4.79 Å². The van der Waals surface area contributed by atoms with E-state index >= 15 is 0 Å². The average Bonchev–Trinajstić information content (AvgIpc) is 2.73. The minimum Gasteiger partial charge on any atom is -0.465 e. The fourth-order valence-corrected chi connectivity index (χ4v) is 3.16. The highest BCUT2D eigenvalue weighted by molar-refractivity contribution is 5.94. The Morgan fingerprint density at radius 2 is 1.76 bits per heavy atom. The molecule has 2 aromatic rings. The molecule has 1 N–H and O–H groups in total. The van der Waals surface area contributed by atoms with Crippen LogP contribution in [-0.2, 0) is 15.7 Å². The third kappa shape index (κ3) is 5.04. The van der Waals surface area contributed by atoms with Gasteiger partial charge in [0.1, 0.15) is 5.82 Å². The maximum absolute atomic E-state index is 12.6. The number of anilines is 2. The first kappa shape index (κ1) is 20.6. The number of piperidine rings is 1. The van der Waals surface area contributed by atoms with E-state index in [1.54, 1.807) is 24.3 Å². The minimum absolute atomic E-state index is 0.129. The van der Waals surface area contributed by atoms with Gasteiger partial charge in [-0.1, -0.05) is 0 Å². The van der Waals surface area contributed by atoms with E-state index in [4.69, 9.17) is 0 Å². The Kier molecular flexibility index (Phi) is 6.05. The van der Waals surface area contributed by atoms with Crippen molar-refractivity contribution in [3.05, 3.63) is 53.7 Å². The molecule has 6 nitrogen and oxygen atoms in total. The molecule has 0 bridgehead atoms. The highest BCUT2D eigenvalue weighted by Gasteiger charge is 2.31. The molecule has 0 atom stereocenters. The zero-order valence-corrected chi connectivity index (χ0v) is 15.7. The number of nitrogens with one attached hydrogen (secondary N) is 1. The van der Waals surface area contributed by atoms with Crippen molar-refractivity contribution in [2.45, 2.75) is 19.0 Å². The van der Waals surface area contributed by atoms with E-state index in [1.165, 1.54) is 13.2 Å². The lowest BCUT2D eigenvalue weighted by atomic mass is 9.95. The van der Waals surface area contributed by atoms with Crippen LogP contribution in [0.4, 0.5) is 24.7 Å². The number of ether oxygens (including phenoxy) is 1. The lowest BCUT2D eigenvalue weighted by Crippen LogP contribution is -2.38. The predicted octanol–water partition coefficient (Wildman–Crippen LogP) is 3.74. The molecule has 29 heavy (non-hydrogen) atoms. The van der Waals surface area contributed by atoms with E-state index in [-0.39, 0.29) is 11.8 Å². The van der Waals surface area contributed by atoms with Gasteiger partial charge >= 0.3 is 12.1 Å². The first-order valence-electron chi connectivity index (χ1n) is 9.05. The number of aromatic nitrogens is 1. The van der Waals surface area contributed by atoms with E-state index < -0.39 is 17.7 Å². The highest BCUT2D eigenvalue weighted by atomic mass is 19.4. The number of rotatable bonds is 4. The molecule has 2 heterocycles. The van der Waals surface area contributed by atoms with Crippen LogP contribution in [0.5, 0.6) is 0 Å². The predicted molar refractivity (Wildman–Crippen MR) is 101 cm³/mol. The summed E-state index contributed by atoms with van der Waals surface area (Å²) in [6, 6.07) is 8.77. The van der Waals surface area contributed by atoms with Crippen molar-refractivity contribution in [1.29, 1.82) is 0 Å². The molecule has 1 saturated heterocycles. The maximum Gasteiger partial charge on any atom is 0.417 e.